The van der Waals surface area contributed by atoms with Gasteiger partial charge in [0.05, 0.1) is 18.5 Å². The number of primary amides is 1. The molecule has 12 nitrogen and oxygen atoms in total. The molecule has 234 valence electrons. The van der Waals surface area contributed by atoms with Crippen molar-refractivity contribution in [3.05, 3.63) is 35.9 Å². The lowest BCUT2D eigenvalue weighted by Gasteiger charge is -2.31. The van der Waals surface area contributed by atoms with Gasteiger partial charge in [0, 0.05) is 12.6 Å². The molecule has 4 amide bonds. The van der Waals surface area contributed by atoms with E-state index >= 15 is 0 Å². The van der Waals surface area contributed by atoms with E-state index in [1.807, 2.05) is 56.0 Å². The summed E-state index contributed by atoms with van der Waals surface area (Å²) in [6, 6.07) is 5.39. The topological polar surface area (TPSA) is 197 Å². The molecule has 1 fully saturated rings. The fourth-order valence-corrected chi connectivity index (χ4v) is 5.22. The molecule has 0 radical (unpaired) electrons. The highest BCUT2D eigenvalue weighted by Crippen LogP contribution is 2.20. The first-order valence-corrected chi connectivity index (χ1v) is 14.8. The lowest BCUT2D eigenvalue weighted by molar-refractivity contribution is -0.144. The molecule has 1 aliphatic rings. The van der Waals surface area contributed by atoms with Gasteiger partial charge in [-0.3, -0.25) is 24.1 Å². The first-order chi connectivity index (χ1) is 19.8. The van der Waals surface area contributed by atoms with Crippen molar-refractivity contribution in [3.63, 3.8) is 0 Å². The summed E-state index contributed by atoms with van der Waals surface area (Å²) < 4.78 is 0. The number of rotatable bonds is 17. The maximum absolute atomic E-state index is 13.4. The van der Waals surface area contributed by atoms with Crippen molar-refractivity contribution in [1.82, 2.24) is 20.9 Å². The second-order valence-electron chi connectivity index (χ2n) is 11.7. The van der Waals surface area contributed by atoms with Gasteiger partial charge in [-0.25, -0.2) is 4.79 Å². The average Bonchev–Trinajstić information content (AvgIpc) is 3.38. The minimum atomic E-state index is -1.21. The molecular weight excluding hydrogens is 540 g/mol. The number of carboxylic acid groups (broad SMARTS) is 1. The number of nitrogens with two attached hydrogens (primary N) is 2. The summed E-state index contributed by atoms with van der Waals surface area (Å²) >= 11 is 0. The highest BCUT2D eigenvalue weighted by molar-refractivity contribution is 5.93. The molecule has 42 heavy (non-hydrogen) atoms. The summed E-state index contributed by atoms with van der Waals surface area (Å²) in [5.41, 5.74) is 12.3. The molecule has 1 heterocycles. The average molecular weight is 589 g/mol. The quantitative estimate of drug-likeness (QED) is 0.151. The number of carbonyl (C=O) groups excluding carboxylic acids is 4. The Morgan fingerprint density at radius 3 is 2.26 bits per heavy atom. The maximum Gasteiger partial charge on any atom is 0.326 e. The van der Waals surface area contributed by atoms with Crippen LogP contribution in [0.1, 0.15) is 65.4 Å². The SMILES string of the molecule is CC[C@H](C)[C@H](NC(=O)[C@@H]1CCCN1C[C@H](Cc1ccccc1)NC(=O)[C@H](CC(N)=O)NC(=O)[C@@H](N)CC(C)C)C(=O)O. The minimum Gasteiger partial charge on any atom is -0.480 e. The monoisotopic (exact) mass is 588 g/mol. The van der Waals surface area contributed by atoms with Crippen LogP contribution < -0.4 is 27.4 Å². The van der Waals surface area contributed by atoms with Crippen molar-refractivity contribution in [2.45, 2.75) is 96.4 Å². The molecule has 12 heteroatoms. The van der Waals surface area contributed by atoms with Crippen LogP contribution in [-0.4, -0.2) is 82.9 Å². The van der Waals surface area contributed by atoms with Crippen molar-refractivity contribution >= 4 is 29.6 Å². The number of likely N-dealkylation sites (tertiary alicyclic amines) is 1. The molecule has 1 saturated heterocycles. The molecule has 6 atom stereocenters. The standard InChI is InChI=1S/C30H48N6O6/c1-5-19(4)26(30(41)42)35-29(40)24-12-9-13-36(24)17-21(15-20-10-7-6-8-11-20)33-28(39)23(16-25(32)37)34-27(38)22(31)14-18(2)3/h6-8,10-11,18-19,21-24,26H,5,9,12-17,31H2,1-4H3,(H2,32,37)(H,33,39)(H,34,38)(H,35,40)(H,41,42)/t19-,21-,22-,23-,24-,26-/m0/s1. The smallest absolute Gasteiger partial charge is 0.326 e. The van der Waals surface area contributed by atoms with Crippen molar-refractivity contribution in [3.8, 4) is 0 Å². The van der Waals surface area contributed by atoms with Crippen molar-refractivity contribution in [2.75, 3.05) is 13.1 Å². The number of hydrogen-bond donors (Lipinski definition) is 6. The van der Waals surface area contributed by atoms with E-state index < -0.39 is 60.3 Å². The molecule has 0 bridgehead atoms. The number of carbonyl (C=O) groups is 5. The van der Waals surface area contributed by atoms with E-state index in [0.29, 0.717) is 38.8 Å². The van der Waals surface area contributed by atoms with Crippen molar-refractivity contribution in [2.24, 2.45) is 23.3 Å². The van der Waals surface area contributed by atoms with Gasteiger partial charge in [-0.15, -0.1) is 0 Å². The second-order valence-corrected chi connectivity index (χ2v) is 11.7. The van der Waals surface area contributed by atoms with E-state index in [-0.39, 0.29) is 17.7 Å². The zero-order valence-electron chi connectivity index (χ0n) is 25.2. The number of aliphatic carboxylic acids is 1. The molecule has 8 N–H and O–H groups in total. The first-order valence-electron chi connectivity index (χ1n) is 14.8. The molecule has 1 aromatic carbocycles. The van der Waals surface area contributed by atoms with Crippen LogP contribution in [0.25, 0.3) is 0 Å². The van der Waals surface area contributed by atoms with E-state index in [2.05, 4.69) is 16.0 Å². The molecule has 0 saturated carbocycles. The summed E-state index contributed by atoms with van der Waals surface area (Å²) in [7, 11) is 0. The number of nitrogens with zero attached hydrogens (tertiary/aromatic N) is 1. The summed E-state index contributed by atoms with van der Waals surface area (Å²) in [5, 5.41) is 17.9. The van der Waals surface area contributed by atoms with Crippen LogP contribution in [0.2, 0.25) is 0 Å². The highest BCUT2D eigenvalue weighted by Gasteiger charge is 2.36. The first kappa shape index (κ1) is 34.7. The van der Waals surface area contributed by atoms with Crippen LogP contribution >= 0.6 is 0 Å². The molecule has 1 aromatic rings. The molecule has 2 rings (SSSR count). The predicted molar refractivity (Wildman–Crippen MR) is 159 cm³/mol. The number of amides is 4. The largest absolute Gasteiger partial charge is 0.480 e. The Kier molecular flexibility index (Phi) is 13.9. The van der Waals surface area contributed by atoms with Gasteiger partial charge >= 0.3 is 5.97 Å². The van der Waals surface area contributed by atoms with Crippen LogP contribution in [0.3, 0.4) is 0 Å². The van der Waals surface area contributed by atoms with Gasteiger partial charge in [0.2, 0.25) is 23.6 Å². The Morgan fingerprint density at radius 1 is 1.02 bits per heavy atom. The third kappa shape index (κ3) is 11.1. The zero-order chi connectivity index (χ0) is 31.4. The Balaban J connectivity index is 2.22. The van der Waals surface area contributed by atoms with Gasteiger partial charge in [0.25, 0.3) is 0 Å². The van der Waals surface area contributed by atoms with E-state index in [9.17, 15) is 29.1 Å². The van der Waals surface area contributed by atoms with Gasteiger partial charge in [0.1, 0.15) is 12.1 Å². The third-order valence-corrected chi connectivity index (χ3v) is 7.67. The van der Waals surface area contributed by atoms with Gasteiger partial charge < -0.3 is 32.5 Å². The van der Waals surface area contributed by atoms with Crippen molar-refractivity contribution in [1.29, 1.82) is 0 Å². The number of hydrogen-bond acceptors (Lipinski definition) is 7. The Bertz CT molecular complexity index is 1070. The van der Waals surface area contributed by atoms with E-state index in [0.717, 1.165) is 12.0 Å². The van der Waals surface area contributed by atoms with Gasteiger partial charge in [-0.1, -0.05) is 64.4 Å². The van der Waals surface area contributed by atoms with Crippen LogP contribution in [-0.2, 0) is 30.4 Å². The molecule has 0 unspecified atom stereocenters. The number of nitrogens with one attached hydrogen (secondary N) is 3. The fraction of sp³-hybridized carbons (Fsp3) is 0.633. The Morgan fingerprint density at radius 2 is 1.69 bits per heavy atom. The lowest BCUT2D eigenvalue weighted by atomic mass is 9.98. The van der Waals surface area contributed by atoms with E-state index in [1.54, 1.807) is 6.92 Å². The van der Waals surface area contributed by atoms with Gasteiger partial charge in [0.15, 0.2) is 0 Å². The summed E-state index contributed by atoms with van der Waals surface area (Å²) in [6.07, 6.45) is 2.32. The van der Waals surface area contributed by atoms with E-state index in [1.165, 1.54) is 0 Å². The Hall–Kier alpha value is -3.51. The maximum atomic E-state index is 13.4. The summed E-state index contributed by atoms with van der Waals surface area (Å²) in [5.74, 6) is -3.39. The highest BCUT2D eigenvalue weighted by atomic mass is 16.4. The zero-order valence-corrected chi connectivity index (χ0v) is 25.2. The number of benzene rings is 1. The summed E-state index contributed by atoms with van der Waals surface area (Å²) in [6.45, 7) is 8.39. The van der Waals surface area contributed by atoms with Crippen LogP contribution in [0.15, 0.2) is 30.3 Å². The minimum absolute atomic E-state index is 0.158. The van der Waals surface area contributed by atoms with Crippen LogP contribution in [0.5, 0.6) is 0 Å². The molecule has 1 aliphatic heterocycles. The third-order valence-electron chi connectivity index (χ3n) is 7.67. The van der Waals surface area contributed by atoms with Crippen LogP contribution in [0.4, 0.5) is 0 Å². The van der Waals surface area contributed by atoms with Gasteiger partial charge in [-0.2, -0.15) is 0 Å². The normalized spacial score (nSPS) is 18.9. The summed E-state index contributed by atoms with van der Waals surface area (Å²) in [4.78, 5) is 64.9. The van der Waals surface area contributed by atoms with Crippen molar-refractivity contribution < 1.29 is 29.1 Å². The van der Waals surface area contributed by atoms with Gasteiger partial charge in [-0.05, 0) is 49.6 Å². The second kappa shape index (κ2) is 16.8. The molecular formula is C30H48N6O6. The molecule has 0 aliphatic carbocycles. The fourth-order valence-electron chi connectivity index (χ4n) is 5.22. The molecule has 0 spiro atoms. The number of carboxylic acids is 1. The lowest BCUT2D eigenvalue weighted by Crippen LogP contribution is -2.57. The van der Waals surface area contributed by atoms with Crippen LogP contribution in [0, 0.1) is 11.8 Å². The van der Waals surface area contributed by atoms with E-state index in [4.69, 9.17) is 11.5 Å². The predicted octanol–water partition coefficient (Wildman–Crippen LogP) is 0.527. The Labute approximate surface area is 248 Å². The molecule has 0 aromatic heterocycles.